The molecule has 0 aromatic heterocycles. The molecule has 2 N–H and O–H groups in total. The number of halogens is 2. The molecule has 3 rings (SSSR count). The van der Waals surface area contributed by atoms with E-state index in [1.54, 1.807) is 19.1 Å². The molecule has 5 heteroatoms. The van der Waals surface area contributed by atoms with Crippen LogP contribution in [0.15, 0.2) is 72.8 Å². The smallest absolute Gasteiger partial charge is 0.252 e. The van der Waals surface area contributed by atoms with E-state index in [1.165, 1.54) is 6.07 Å². The molecule has 0 saturated heterocycles. The lowest BCUT2D eigenvalue weighted by molar-refractivity contribution is 0.0526. The van der Waals surface area contributed by atoms with Crippen LogP contribution in [0.2, 0.25) is 10.0 Å². The third-order valence-corrected chi connectivity index (χ3v) is 4.93. The first-order chi connectivity index (χ1) is 12.9. The van der Waals surface area contributed by atoms with E-state index in [4.69, 9.17) is 23.2 Å². The number of carbonyl (C=O) groups is 1. The molecule has 0 bridgehead atoms. The summed E-state index contributed by atoms with van der Waals surface area (Å²) in [7, 11) is 0. The lowest BCUT2D eigenvalue weighted by atomic mass is 9.93. The van der Waals surface area contributed by atoms with Gasteiger partial charge in [-0.25, -0.2) is 0 Å². The summed E-state index contributed by atoms with van der Waals surface area (Å²) < 4.78 is 0. The van der Waals surface area contributed by atoms with Crippen molar-refractivity contribution in [3.8, 4) is 11.1 Å². The van der Waals surface area contributed by atoms with Crippen molar-refractivity contribution in [3.05, 3.63) is 94.0 Å². The quantitative estimate of drug-likeness (QED) is 0.611. The third-order valence-electron chi connectivity index (χ3n) is 4.38. The molecule has 0 radical (unpaired) electrons. The predicted octanol–water partition coefficient (Wildman–Crippen LogP) is 5.30. The summed E-state index contributed by atoms with van der Waals surface area (Å²) in [4.78, 5) is 12.3. The minimum Gasteiger partial charge on any atom is -0.384 e. The first-order valence-corrected chi connectivity index (χ1v) is 9.24. The summed E-state index contributed by atoms with van der Waals surface area (Å²) in [5, 5.41) is 14.2. The average Bonchev–Trinajstić information content (AvgIpc) is 2.67. The number of carbonyl (C=O) groups excluding carboxylic acids is 1. The van der Waals surface area contributed by atoms with E-state index >= 15 is 0 Å². The normalized spacial score (nSPS) is 13.0. The largest absolute Gasteiger partial charge is 0.384 e. The van der Waals surface area contributed by atoms with E-state index in [0.717, 1.165) is 11.1 Å². The molecule has 0 saturated carbocycles. The van der Waals surface area contributed by atoms with Crippen LogP contribution in [0, 0.1) is 0 Å². The molecule has 0 aliphatic carbocycles. The standard InChI is InChI=1S/C22H19Cl2NO2/c1-22(27,14-25-21(26)19-12-11-18(23)13-20(19)24)17-9-7-16(8-10-17)15-5-3-2-4-6-15/h2-13,27H,14H2,1H3,(H,25,26). The highest BCUT2D eigenvalue weighted by Gasteiger charge is 2.24. The van der Waals surface area contributed by atoms with Crippen LogP contribution in [-0.2, 0) is 5.60 Å². The van der Waals surface area contributed by atoms with Gasteiger partial charge >= 0.3 is 0 Å². The summed E-state index contributed by atoms with van der Waals surface area (Å²) in [5.74, 6) is -0.363. The monoisotopic (exact) mass is 399 g/mol. The number of aliphatic hydroxyl groups is 1. The summed E-state index contributed by atoms with van der Waals surface area (Å²) in [6.07, 6.45) is 0. The van der Waals surface area contributed by atoms with Crippen molar-refractivity contribution < 1.29 is 9.90 Å². The lowest BCUT2D eigenvalue weighted by Crippen LogP contribution is -2.38. The van der Waals surface area contributed by atoms with Crippen molar-refractivity contribution >= 4 is 29.1 Å². The Bertz CT molecular complexity index is 938. The van der Waals surface area contributed by atoms with Gasteiger partial charge in [0.25, 0.3) is 5.91 Å². The first kappa shape index (κ1) is 19.4. The van der Waals surface area contributed by atoms with Gasteiger partial charge in [-0.3, -0.25) is 4.79 Å². The molecule has 0 spiro atoms. The van der Waals surface area contributed by atoms with Crippen LogP contribution >= 0.6 is 23.2 Å². The highest BCUT2D eigenvalue weighted by molar-refractivity contribution is 6.36. The second-order valence-corrected chi connectivity index (χ2v) is 7.37. The summed E-state index contributed by atoms with van der Waals surface area (Å²) in [6.45, 7) is 1.71. The van der Waals surface area contributed by atoms with E-state index < -0.39 is 5.60 Å². The number of benzene rings is 3. The molecule has 0 heterocycles. The Balaban J connectivity index is 1.70. The van der Waals surface area contributed by atoms with Crippen molar-refractivity contribution in [3.63, 3.8) is 0 Å². The Morgan fingerprint density at radius 2 is 1.59 bits per heavy atom. The molecule has 1 atom stereocenters. The molecule has 0 aliphatic rings. The molecule has 1 amide bonds. The van der Waals surface area contributed by atoms with Crippen molar-refractivity contribution in [2.45, 2.75) is 12.5 Å². The van der Waals surface area contributed by atoms with Gasteiger partial charge in [-0.15, -0.1) is 0 Å². The molecule has 3 nitrogen and oxygen atoms in total. The number of nitrogens with one attached hydrogen (secondary N) is 1. The molecule has 3 aromatic rings. The van der Waals surface area contributed by atoms with Crippen LogP contribution in [-0.4, -0.2) is 17.6 Å². The maximum atomic E-state index is 12.3. The molecule has 27 heavy (non-hydrogen) atoms. The summed E-state index contributed by atoms with van der Waals surface area (Å²) >= 11 is 11.9. The molecular formula is C22H19Cl2NO2. The minimum atomic E-state index is -1.22. The second kappa shape index (κ2) is 8.13. The molecule has 1 unspecified atom stereocenters. The Morgan fingerprint density at radius 1 is 0.963 bits per heavy atom. The van der Waals surface area contributed by atoms with Gasteiger partial charge in [-0.05, 0) is 41.8 Å². The van der Waals surface area contributed by atoms with Crippen LogP contribution in [0.25, 0.3) is 11.1 Å². The van der Waals surface area contributed by atoms with Gasteiger partial charge in [0.05, 0.1) is 17.1 Å². The molecule has 0 aliphatic heterocycles. The van der Waals surface area contributed by atoms with Crippen LogP contribution in [0.5, 0.6) is 0 Å². The van der Waals surface area contributed by atoms with Crippen LogP contribution < -0.4 is 5.32 Å². The maximum Gasteiger partial charge on any atom is 0.252 e. The number of hydrogen-bond acceptors (Lipinski definition) is 2. The van der Waals surface area contributed by atoms with Crippen molar-refractivity contribution in [2.24, 2.45) is 0 Å². The minimum absolute atomic E-state index is 0.0511. The Morgan fingerprint density at radius 3 is 2.22 bits per heavy atom. The fraction of sp³-hybridized carbons (Fsp3) is 0.136. The van der Waals surface area contributed by atoms with E-state index in [0.29, 0.717) is 16.1 Å². The highest BCUT2D eigenvalue weighted by Crippen LogP contribution is 2.25. The van der Waals surface area contributed by atoms with Crippen LogP contribution in [0.3, 0.4) is 0 Å². The third kappa shape index (κ3) is 4.69. The van der Waals surface area contributed by atoms with Crippen molar-refractivity contribution in [1.82, 2.24) is 5.32 Å². The summed E-state index contributed by atoms with van der Waals surface area (Å²) in [6, 6.07) is 22.3. The van der Waals surface area contributed by atoms with Crippen LogP contribution in [0.1, 0.15) is 22.8 Å². The number of hydrogen-bond donors (Lipinski definition) is 2. The molecule has 0 fully saturated rings. The Labute approximate surface area is 168 Å². The lowest BCUT2D eigenvalue weighted by Gasteiger charge is -2.24. The summed E-state index contributed by atoms with van der Waals surface area (Å²) in [5.41, 5.74) is 1.98. The van der Waals surface area contributed by atoms with E-state index in [9.17, 15) is 9.90 Å². The molecular weight excluding hydrogens is 381 g/mol. The van der Waals surface area contributed by atoms with Crippen molar-refractivity contribution in [2.75, 3.05) is 6.54 Å². The predicted molar refractivity (Wildman–Crippen MR) is 110 cm³/mol. The second-order valence-electron chi connectivity index (χ2n) is 6.52. The zero-order valence-electron chi connectivity index (χ0n) is 14.7. The van der Waals surface area contributed by atoms with E-state index in [1.807, 2.05) is 54.6 Å². The topological polar surface area (TPSA) is 49.3 Å². The van der Waals surface area contributed by atoms with Crippen LogP contribution in [0.4, 0.5) is 0 Å². The van der Waals surface area contributed by atoms with Gasteiger partial charge in [-0.1, -0.05) is 77.8 Å². The Hall–Kier alpha value is -2.33. The highest BCUT2D eigenvalue weighted by atomic mass is 35.5. The molecule has 3 aromatic carbocycles. The SMILES string of the molecule is CC(O)(CNC(=O)c1ccc(Cl)cc1Cl)c1ccc(-c2ccccc2)cc1. The maximum absolute atomic E-state index is 12.3. The van der Waals surface area contributed by atoms with Crippen molar-refractivity contribution in [1.29, 1.82) is 0 Å². The Kier molecular flexibility index (Phi) is 5.85. The number of amides is 1. The zero-order chi connectivity index (χ0) is 19.4. The number of rotatable bonds is 5. The fourth-order valence-corrected chi connectivity index (χ4v) is 3.27. The first-order valence-electron chi connectivity index (χ1n) is 8.48. The zero-order valence-corrected chi connectivity index (χ0v) is 16.3. The van der Waals surface area contributed by atoms with E-state index in [2.05, 4.69) is 5.32 Å². The van der Waals surface area contributed by atoms with Gasteiger partial charge in [0.2, 0.25) is 0 Å². The van der Waals surface area contributed by atoms with E-state index in [-0.39, 0.29) is 17.5 Å². The van der Waals surface area contributed by atoms with Gasteiger partial charge < -0.3 is 10.4 Å². The molecule has 138 valence electrons. The average molecular weight is 400 g/mol. The van der Waals surface area contributed by atoms with Gasteiger partial charge in [0.15, 0.2) is 0 Å². The van der Waals surface area contributed by atoms with Gasteiger partial charge in [0, 0.05) is 5.02 Å². The van der Waals surface area contributed by atoms with Gasteiger partial charge in [0.1, 0.15) is 5.60 Å². The fourth-order valence-electron chi connectivity index (χ4n) is 2.78. The van der Waals surface area contributed by atoms with Gasteiger partial charge in [-0.2, -0.15) is 0 Å².